The highest BCUT2D eigenvalue weighted by atomic mass is 16.6. The van der Waals surface area contributed by atoms with Crippen LogP contribution in [0.2, 0.25) is 0 Å². The summed E-state index contributed by atoms with van der Waals surface area (Å²) in [4.78, 5) is 26.2. The zero-order valence-corrected chi connectivity index (χ0v) is 22.8. The number of ether oxygens (including phenoxy) is 3. The van der Waals surface area contributed by atoms with Crippen molar-refractivity contribution in [2.24, 2.45) is 16.7 Å². The van der Waals surface area contributed by atoms with Gasteiger partial charge in [-0.15, -0.1) is 0 Å². The molecular weight excluding hydrogens is 508 g/mol. The summed E-state index contributed by atoms with van der Waals surface area (Å²) in [7, 11) is 0. The van der Waals surface area contributed by atoms with Gasteiger partial charge in [0.05, 0.1) is 47.4 Å². The zero-order valence-electron chi connectivity index (χ0n) is 22.8. The highest BCUT2D eigenvalue weighted by Crippen LogP contribution is 2.67. The molecule has 10 heteroatoms. The summed E-state index contributed by atoms with van der Waals surface area (Å²) in [6.45, 7) is 7.30. The van der Waals surface area contributed by atoms with Crippen LogP contribution in [-0.4, -0.2) is 91.9 Å². The molecule has 0 aromatic heterocycles. The van der Waals surface area contributed by atoms with E-state index < -0.39 is 76.5 Å². The van der Waals surface area contributed by atoms with Crippen molar-refractivity contribution in [3.8, 4) is 0 Å². The van der Waals surface area contributed by atoms with Crippen molar-refractivity contribution in [1.82, 2.24) is 0 Å². The summed E-state index contributed by atoms with van der Waals surface area (Å²) in [5.41, 5.74) is -5.68. The van der Waals surface area contributed by atoms with Crippen LogP contribution in [0.15, 0.2) is 41.5 Å². The van der Waals surface area contributed by atoms with Crippen molar-refractivity contribution in [2.45, 2.75) is 95.3 Å². The minimum atomic E-state index is -1.73. The van der Waals surface area contributed by atoms with E-state index in [0.29, 0.717) is 5.57 Å². The average molecular weight is 547 g/mol. The molecule has 0 amide bonds. The molecule has 1 aromatic carbocycles. The summed E-state index contributed by atoms with van der Waals surface area (Å²) in [5.74, 6) is -2.52. The Morgan fingerprint density at radius 2 is 1.74 bits per heavy atom. The second-order valence-corrected chi connectivity index (χ2v) is 12.4. The van der Waals surface area contributed by atoms with E-state index in [2.05, 4.69) is 0 Å². The Hall–Kier alpha value is -2.34. The highest BCUT2D eigenvalue weighted by Gasteiger charge is 2.78. The molecule has 1 saturated heterocycles. The fourth-order valence-corrected chi connectivity index (χ4v) is 8.01. The lowest BCUT2D eigenvalue weighted by Gasteiger charge is -2.65. The van der Waals surface area contributed by atoms with E-state index in [1.165, 1.54) is 20.8 Å². The molecule has 10 atom stereocenters. The minimum Gasteiger partial charge on any atom is -0.457 e. The first-order valence-electron chi connectivity index (χ1n) is 13.4. The lowest BCUT2D eigenvalue weighted by Crippen LogP contribution is -2.78. The van der Waals surface area contributed by atoms with Crippen LogP contribution in [0, 0.1) is 16.7 Å². The highest BCUT2D eigenvalue weighted by molar-refractivity contribution is 5.89. The van der Waals surface area contributed by atoms with E-state index in [0.717, 1.165) is 0 Å². The quantitative estimate of drug-likeness (QED) is 0.271. The molecule has 3 aliphatic carbocycles. The van der Waals surface area contributed by atoms with Gasteiger partial charge in [0.25, 0.3) is 0 Å². The Labute approximate surface area is 227 Å². The van der Waals surface area contributed by atoms with Crippen molar-refractivity contribution < 1.29 is 49.3 Å². The second kappa shape index (κ2) is 9.09. The number of rotatable bonds is 4. The molecule has 5 rings (SSSR count). The minimum absolute atomic E-state index is 0.000412. The second-order valence-electron chi connectivity index (χ2n) is 12.4. The fraction of sp³-hybridized carbons (Fsp3) is 0.655. The topological polar surface area (TPSA) is 163 Å². The Balaban J connectivity index is 1.83. The van der Waals surface area contributed by atoms with Crippen molar-refractivity contribution in [1.29, 1.82) is 0 Å². The Morgan fingerprint density at radius 3 is 2.28 bits per heavy atom. The van der Waals surface area contributed by atoms with E-state index in [4.69, 9.17) is 14.2 Å². The Kier molecular flexibility index (Phi) is 6.57. The van der Waals surface area contributed by atoms with Crippen molar-refractivity contribution in [3.63, 3.8) is 0 Å². The standard InChI is InChI=1S/C29H38O10/c1-14-17(31)12-28(26(3,4)36)20(14)21(33)23(34)27(5)18(32)11-19-29(13-37-19,39-15(2)30)22(27)24(28)38-25(35)16-9-7-6-8-10-16/h6-10,17-19,21-24,31-34,36H,11-13H2,1-5H3/t17-,18-,19+,21+,22?,23-,24-,27+,28-,29-/m0/s1. The normalized spacial score (nSPS) is 43.4. The maximum Gasteiger partial charge on any atom is 0.338 e. The van der Waals surface area contributed by atoms with Gasteiger partial charge in [-0.05, 0) is 50.5 Å². The number of hydrogen-bond donors (Lipinski definition) is 5. The van der Waals surface area contributed by atoms with Crippen LogP contribution < -0.4 is 0 Å². The summed E-state index contributed by atoms with van der Waals surface area (Å²) in [6, 6.07) is 8.21. The first-order valence-corrected chi connectivity index (χ1v) is 13.4. The fourth-order valence-electron chi connectivity index (χ4n) is 8.01. The molecule has 0 spiro atoms. The smallest absolute Gasteiger partial charge is 0.338 e. The van der Waals surface area contributed by atoms with Crippen molar-refractivity contribution >= 4 is 11.9 Å². The van der Waals surface area contributed by atoms with Crippen LogP contribution in [0.4, 0.5) is 0 Å². The molecule has 0 radical (unpaired) electrons. The SMILES string of the molecule is CC(=O)O[C@@]12CO[C@@H]1C[C@H](O)[C@]1(C)C2[C@H](OC(=O)c2ccccc2)[C@]2(C(C)(C)O)C[C@H](O)C(C)=C2[C@@H](O)[C@@H]1O. The molecule has 5 N–H and O–H groups in total. The molecule has 2 saturated carbocycles. The lowest BCUT2D eigenvalue weighted by atomic mass is 9.49. The van der Waals surface area contributed by atoms with E-state index >= 15 is 0 Å². The number of fused-ring (bicyclic) bond motifs is 4. The van der Waals surface area contributed by atoms with E-state index in [-0.39, 0.29) is 30.6 Å². The van der Waals surface area contributed by atoms with Gasteiger partial charge in [-0.2, -0.15) is 0 Å². The van der Waals surface area contributed by atoms with Gasteiger partial charge in [0.15, 0.2) is 5.60 Å². The van der Waals surface area contributed by atoms with E-state index in [9.17, 15) is 35.1 Å². The monoisotopic (exact) mass is 546 g/mol. The van der Waals surface area contributed by atoms with Crippen LogP contribution in [0.5, 0.6) is 0 Å². The molecule has 4 aliphatic rings. The number of aliphatic hydroxyl groups excluding tert-OH is 4. The summed E-state index contributed by atoms with van der Waals surface area (Å²) in [5, 5.41) is 58.1. The number of benzene rings is 1. The predicted molar refractivity (Wildman–Crippen MR) is 136 cm³/mol. The molecular formula is C29H38O10. The van der Waals surface area contributed by atoms with Crippen LogP contribution >= 0.6 is 0 Å². The van der Waals surface area contributed by atoms with Gasteiger partial charge in [-0.25, -0.2) is 4.79 Å². The number of aliphatic hydroxyl groups is 5. The molecule has 214 valence electrons. The van der Waals surface area contributed by atoms with Gasteiger partial charge in [-0.1, -0.05) is 25.1 Å². The van der Waals surface area contributed by atoms with Crippen molar-refractivity contribution in [2.75, 3.05) is 6.61 Å². The molecule has 1 aliphatic heterocycles. The molecule has 39 heavy (non-hydrogen) atoms. The maximum atomic E-state index is 13.7. The van der Waals surface area contributed by atoms with Crippen LogP contribution in [0.1, 0.15) is 57.8 Å². The average Bonchev–Trinajstić information content (AvgIpc) is 3.11. The lowest BCUT2D eigenvalue weighted by molar-refractivity contribution is -0.351. The van der Waals surface area contributed by atoms with Crippen LogP contribution in [-0.2, 0) is 19.0 Å². The van der Waals surface area contributed by atoms with E-state index in [1.54, 1.807) is 44.2 Å². The molecule has 3 fully saturated rings. The number of carbonyl (C=O) groups excluding carboxylic acids is 2. The molecule has 1 heterocycles. The molecule has 0 bridgehead atoms. The zero-order chi connectivity index (χ0) is 28.7. The third kappa shape index (κ3) is 3.69. The van der Waals surface area contributed by atoms with Crippen LogP contribution in [0.3, 0.4) is 0 Å². The van der Waals surface area contributed by atoms with Gasteiger partial charge in [0.1, 0.15) is 18.3 Å². The Bertz CT molecular complexity index is 1190. The first-order chi connectivity index (χ1) is 18.1. The summed E-state index contributed by atoms with van der Waals surface area (Å²) < 4.78 is 18.0. The van der Waals surface area contributed by atoms with Crippen molar-refractivity contribution in [3.05, 3.63) is 47.0 Å². The predicted octanol–water partition coefficient (Wildman–Crippen LogP) is 0.874. The third-order valence-electron chi connectivity index (χ3n) is 10.0. The number of esters is 2. The first kappa shape index (κ1) is 28.2. The Morgan fingerprint density at radius 1 is 1.10 bits per heavy atom. The van der Waals surface area contributed by atoms with Gasteiger partial charge in [0, 0.05) is 18.8 Å². The largest absolute Gasteiger partial charge is 0.457 e. The van der Waals surface area contributed by atoms with Gasteiger partial charge in [-0.3, -0.25) is 4.79 Å². The molecule has 10 nitrogen and oxygen atoms in total. The number of carbonyl (C=O) groups is 2. The summed E-state index contributed by atoms with van der Waals surface area (Å²) >= 11 is 0. The van der Waals surface area contributed by atoms with Gasteiger partial charge >= 0.3 is 11.9 Å². The van der Waals surface area contributed by atoms with Crippen LogP contribution in [0.25, 0.3) is 0 Å². The summed E-state index contributed by atoms with van der Waals surface area (Å²) in [6.07, 6.45) is -7.95. The van der Waals surface area contributed by atoms with Gasteiger partial charge < -0.3 is 39.7 Å². The number of hydrogen-bond acceptors (Lipinski definition) is 10. The maximum absolute atomic E-state index is 13.7. The third-order valence-corrected chi connectivity index (χ3v) is 10.0. The van der Waals surface area contributed by atoms with E-state index in [1.807, 2.05) is 0 Å². The van der Waals surface area contributed by atoms with Gasteiger partial charge in [0.2, 0.25) is 0 Å². The molecule has 1 aromatic rings. The molecule has 1 unspecified atom stereocenters.